The SMILES string of the molecule is C[C@@H]1CC(=O)Nc2ccccc2N1C(=O)COC(=O)CCc1nc2ccccc2o1. The Kier molecular flexibility index (Phi) is 5.47. The van der Waals surface area contributed by atoms with Crippen LogP contribution in [0.4, 0.5) is 11.4 Å². The number of fused-ring (bicyclic) bond motifs is 2. The highest BCUT2D eigenvalue weighted by molar-refractivity contribution is 6.05. The third-order valence-electron chi connectivity index (χ3n) is 4.87. The first kappa shape index (κ1) is 19.6. The molecule has 0 bridgehead atoms. The lowest BCUT2D eigenvalue weighted by molar-refractivity contribution is -0.148. The summed E-state index contributed by atoms with van der Waals surface area (Å²) in [6, 6.07) is 14.0. The molecule has 154 valence electrons. The maximum Gasteiger partial charge on any atom is 0.306 e. The van der Waals surface area contributed by atoms with E-state index in [-0.39, 0.29) is 37.1 Å². The highest BCUT2D eigenvalue weighted by Gasteiger charge is 2.30. The molecule has 0 unspecified atom stereocenters. The highest BCUT2D eigenvalue weighted by Crippen LogP contribution is 2.31. The molecule has 4 rings (SSSR count). The van der Waals surface area contributed by atoms with Crippen LogP contribution in [-0.2, 0) is 25.5 Å². The van der Waals surface area contributed by atoms with E-state index in [2.05, 4.69) is 10.3 Å². The Morgan fingerprint density at radius 1 is 1.20 bits per heavy atom. The predicted octanol–water partition coefficient (Wildman–Crippen LogP) is 3.07. The molecule has 1 atom stereocenters. The van der Waals surface area contributed by atoms with E-state index in [1.54, 1.807) is 31.2 Å². The number of aromatic nitrogens is 1. The van der Waals surface area contributed by atoms with E-state index in [1.165, 1.54) is 4.90 Å². The van der Waals surface area contributed by atoms with Gasteiger partial charge in [-0.15, -0.1) is 0 Å². The van der Waals surface area contributed by atoms with Gasteiger partial charge in [0, 0.05) is 18.9 Å². The van der Waals surface area contributed by atoms with Crippen LogP contribution < -0.4 is 10.2 Å². The number of carbonyl (C=O) groups excluding carboxylic acids is 3. The second kappa shape index (κ2) is 8.36. The number of nitrogens with one attached hydrogen (secondary N) is 1. The van der Waals surface area contributed by atoms with Gasteiger partial charge in [0.2, 0.25) is 5.91 Å². The maximum absolute atomic E-state index is 12.8. The zero-order valence-electron chi connectivity index (χ0n) is 16.5. The normalized spacial score (nSPS) is 16.0. The van der Waals surface area contributed by atoms with Crippen molar-refractivity contribution in [2.24, 2.45) is 0 Å². The first-order chi connectivity index (χ1) is 14.5. The molecule has 1 aromatic heterocycles. The number of amides is 2. The van der Waals surface area contributed by atoms with Crippen LogP contribution in [0.2, 0.25) is 0 Å². The van der Waals surface area contributed by atoms with E-state index >= 15 is 0 Å². The van der Waals surface area contributed by atoms with Gasteiger partial charge >= 0.3 is 5.97 Å². The fourth-order valence-electron chi connectivity index (χ4n) is 3.49. The van der Waals surface area contributed by atoms with Gasteiger partial charge < -0.3 is 19.4 Å². The van der Waals surface area contributed by atoms with Crippen LogP contribution in [0.1, 0.15) is 25.7 Å². The second-order valence-electron chi connectivity index (χ2n) is 7.12. The molecule has 0 fully saturated rings. The van der Waals surface area contributed by atoms with Gasteiger partial charge in [-0.05, 0) is 31.2 Å². The lowest BCUT2D eigenvalue weighted by atomic mass is 10.1. The van der Waals surface area contributed by atoms with E-state index in [0.29, 0.717) is 22.8 Å². The topological polar surface area (TPSA) is 102 Å². The Morgan fingerprint density at radius 2 is 1.97 bits per heavy atom. The van der Waals surface area contributed by atoms with Crippen molar-refractivity contribution in [2.45, 2.75) is 32.2 Å². The van der Waals surface area contributed by atoms with Gasteiger partial charge in [-0.25, -0.2) is 4.98 Å². The lowest BCUT2D eigenvalue weighted by Gasteiger charge is -2.27. The average Bonchev–Trinajstić information content (AvgIpc) is 3.09. The molecule has 1 aliphatic heterocycles. The van der Waals surface area contributed by atoms with Crippen LogP contribution in [0.3, 0.4) is 0 Å². The number of hydrogen-bond acceptors (Lipinski definition) is 6. The molecule has 0 aliphatic carbocycles. The molecule has 1 N–H and O–H groups in total. The molecule has 2 amide bonds. The van der Waals surface area contributed by atoms with Crippen LogP contribution in [0, 0.1) is 0 Å². The van der Waals surface area contributed by atoms with Crippen molar-refractivity contribution in [3.8, 4) is 0 Å². The Hall–Kier alpha value is -3.68. The van der Waals surface area contributed by atoms with Gasteiger partial charge in [0.15, 0.2) is 18.1 Å². The lowest BCUT2D eigenvalue weighted by Crippen LogP contribution is -2.41. The number of ether oxygens (including phenoxy) is 1. The third kappa shape index (κ3) is 4.17. The number of rotatable bonds is 5. The first-order valence-electron chi connectivity index (χ1n) is 9.72. The number of hydrogen-bond donors (Lipinski definition) is 1. The molecule has 8 nitrogen and oxygen atoms in total. The van der Waals surface area contributed by atoms with Crippen LogP contribution in [-0.4, -0.2) is 35.4 Å². The van der Waals surface area contributed by atoms with Crippen molar-refractivity contribution in [1.82, 2.24) is 4.98 Å². The highest BCUT2D eigenvalue weighted by atomic mass is 16.5. The van der Waals surface area contributed by atoms with Crippen molar-refractivity contribution in [3.05, 3.63) is 54.4 Å². The number of anilines is 2. The Balaban J connectivity index is 1.36. The summed E-state index contributed by atoms with van der Waals surface area (Å²) in [5.74, 6) is -0.628. The van der Waals surface area contributed by atoms with E-state index in [9.17, 15) is 14.4 Å². The Labute approximate surface area is 172 Å². The van der Waals surface area contributed by atoms with E-state index < -0.39 is 12.6 Å². The number of para-hydroxylation sites is 4. The molecule has 0 radical (unpaired) electrons. The fraction of sp³-hybridized carbons (Fsp3) is 0.273. The van der Waals surface area contributed by atoms with Gasteiger partial charge in [0.25, 0.3) is 5.91 Å². The minimum atomic E-state index is -0.518. The van der Waals surface area contributed by atoms with Gasteiger partial charge in [-0.1, -0.05) is 24.3 Å². The van der Waals surface area contributed by atoms with E-state index in [4.69, 9.17) is 9.15 Å². The molecular weight excluding hydrogens is 386 g/mol. The molecule has 8 heteroatoms. The van der Waals surface area contributed by atoms with Crippen LogP contribution >= 0.6 is 0 Å². The quantitative estimate of drug-likeness (QED) is 0.652. The molecular formula is C22H21N3O5. The van der Waals surface area contributed by atoms with Crippen molar-refractivity contribution in [2.75, 3.05) is 16.8 Å². The number of carbonyl (C=O) groups is 3. The molecule has 2 aromatic carbocycles. The summed E-state index contributed by atoms with van der Waals surface area (Å²) in [4.78, 5) is 42.8. The van der Waals surface area contributed by atoms with Crippen LogP contribution in [0.15, 0.2) is 52.9 Å². The largest absolute Gasteiger partial charge is 0.456 e. The van der Waals surface area contributed by atoms with Crippen molar-refractivity contribution in [1.29, 1.82) is 0 Å². The monoisotopic (exact) mass is 407 g/mol. The first-order valence-corrected chi connectivity index (χ1v) is 9.72. The number of esters is 1. The minimum Gasteiger partial charge on any atom is -0.456 e. The average molecular weight is 407 g/mol. The summed E-state index contributed by atoms with van der Waals surface area (Å²) < 4.78 is 10.8. The number of nitrogens with zero attached hydrogens (tertiary/aromatic N) is 2. The number of oxazole rings is 1. The van der Waals surface area contributed by atoms with Crippen LogP contribution in [0.25, 0.3) is 11.1 Å². The molecule has 30 heavy (non-hydrogen) atoms. The van der Waals surface area contributed by atoms with Gasteiger partial charge in [-0.3, -0.25) is 14.4 Å². The molecule has 2 heterocycles. The molecule has 1 aliphatic rings. The zero-order chi connectivity index (χ0) is 21.1. The van der Waals surface area contributed by atoms with Crippen molar-refractivity contribution >= 4 is 40.3 Å². The van der Waals surface area contributed by atoms with E-state index in [1.807, 2.05) is 24.3 Å². The van der Waals surface area contributed by atoms with Gasteiger partial charge in [0.05, 0.1) is 17.8 Å². The summed E-state index contributed by atoms with van der Waals surface area (Å²) in [5.41, 5.74) is 2.53. The standard InChI is InChI=1S/C22H21N3O5/c1-14-12-19(26)23-15-6-2-4-8-17(15)25(14)21(27)13-29-22(28)11-10-20-24-16-7-3-5-9-18(16)30-20/h2-9,14H,10-13H2,1H3,(H,23,26)/t14-/m1/s1. The number of benzene rings is 2. The molecule has 0 saturated carbocycles. The Morgan fingerprint density at radius 3 is 2.80 bits per heavy atom. The maximum atomic E-state index is 12.8. The third-order valence-corrected chi connectivity index (χ3v) is 4.87. The van der Waals surface area contributed by atoms with Crippen LogP contribution in [0.5, 0.6) is 0 Å². The summed E-state index contributed by atoms with van der Waals surface area (Å²) in [6.07, 6.45) is 0.488. The second-order valence-corrected chi connectivity index (χ2v) is 7.12. The summed E-state index contributed by atoms with van der Waals surface area (Å²) >= 11 is 0. The minimum absolute atomic E-state index is 0.0479. The predicted molar refractivity (Wildman–Crippen MR) is 110 cm³/mol. The smallest absolute Gasteiger partial charge is 0.306 e. The summed E-state index contributed by atoms with van der Waals surface area (Å²) in [6.45, 7) is 1.38. The van der Waals surface area contributed by atoms with E-state index in [0.717, 1.165) is 5.52 Å². The fourth-order valence-corrected chi connectivity index (χ4v) is 3.49. The van der Waals surface area contributed by atoms with Crippen molar-refractivity contribution in [3.63, 3.8) is 0 Å². The Bertz CT molecular complexity index is 1070. The van der Waals surface area contributed by atoms with Crippen molar-refractivity contribution < 1.29 is 23.5 Å². The zero-order valence-corrected chi connectivity index (χ0v) is 16.5. The molecule has 3 aromatic rings. The number of aryl methyl sites for hydroxylation is 1. The van der Waals surface area contributed by atoms with Gasteiger partial charge in [0.1, 0.15) is 5.52 Å². The summed E-state index contributed by atoms with van der Waals surface area (Å²) in [7, 11) is 0. The molecule has 0 spiro atoms. The molecule has 0 saturated heterocycles. The van der Waals surface area contributed by atoms with Gasteiger partial charge in [-0.2, -0.15) is 0 Å². The summed E-state index contributed by atoms with van der Waals surface area (Å²) in [5, 5.41) is 2.79.